The van der Waals surface area contributed by atoms with E-state index in [0.29, 0.717) is 38.3 Å². The first-order valence-electron chi connectivity index (χ1n) is 8.77. The highest BCUT2D eigenvalue weighted by atomic mass is 32.2. The van der Waals surface area contributed by atoms with Gasteiger partial charge in [-0.1, -0.05) is 12.1 Å². The molecule has 1 aliphatic rings. The summed E-state index contributed by atoms with van der Waals surface area (Å²) < 4.78 is 43.1. The van der Waals surface area contributed by atoms with E-state index >= 15 is 0 Å². The number of nitrogens with one attached hydrogen (secondary N) is 1. The minimum atomic E-state index is -3.67. The van der Waals surface area contributed by atoms with Gasteiger partial charge in [-0.05, 0) is 36.6 Å². The van der Waals surface area contributed by atoms with Crippen LogP contribution in [0, 0.1) is 15.9 Å². The molecule has 0 amide bonds. The fourth-order valence-corrected chi connectivity index (χ4v) is 4.35. The Morgan fingerprint density at radius 1 is 1.18 bits per heavy atom. The van der Waals surface area contributed by atoms with Gasteiger partial charge in [0, 0.05) is 43.6 Å². The molecule has 0 saturated carbocycles. The van der Waals surface area contributed by atoms with Crippen molar-refractivity contribution in [3.05, 3.63) is 64.0 Å². The summed E-state index contributed by atoms with van der Waals surface area (Å²) in [6.07, 6.45) is 2.39. The summed E-state index contributed by atoms with van der Waals surface area (Å²) in [7, 11) is -3.67. The maximum atomic E-state index is 13.4. The number of nitro benzene ring substituents is 1. The van der Waals surface area contributed by atoms with Crippen molar-refractivity contribution in [1.82, 2.24) is 0 Å². The number of hydrogen-bond donors (Lipinski definition) is 1. The van der Waals surface area contributed by atoms with Crippen molar-refractivity contribution in [3.63, 3.8) is 0 Å². The van der Waals surface area contributed by atoms with Gasteiger partial charge in [0.05, 0.1) is 15.5 Å². The molecule has 3 rings (SSSR count). The van der Waals surface area contributed by atoms with Crippen LogP contribution in [0.2, 0.25) is 0 Å². The van der Waals surface area contributed by atoms with Crippen LogP contribution in [0.5, 0.6) is 0 Å². The van der Waals surface area contributed by atoms with Gasteiger partial charge in [0.15, 0.2) is 9.84 Å². The van der Waals surface area contributed by atoms with Crippen molar-refractivity contribution in [3.8, 4) is 0 Å². The monoisotopic (exact) mass is 408 g/mol. The fourth-order valence-electron chi connectivity index (χ4n) is 3.47. The number of ether oxygens (including phenoxy) is 1. The van der Waals surface area contributed by atoms with Crippen LogP contribution in [0.4, 0.5) is 15.8 Å². The highest BCUT2D eigenvalue weighted by Gasteiger charge is 2.35. The number of nitrogens with zero attached hydrogens (tertiary/aromatic N) is 1. The zero-order valence-electron chi connectivity index (χ0n) is 15.4. The van der Waals surface area contributed by atoms with Crippen molar-refractivity contribution in [2.24, 2.45) is 0 Å². The lowest BCUT2D eigenvalue weighted by Crippen LogP contribution is -2.40. The maximum absolute atomic E-state index is 13.4. The normalized spacial score (nSPS) is 16.5. The Balaban J connectivity index is 1.94. The van der Waals surface area contributed by atoms with Gasteiger partial charge in [-0.2, -0.15) is 0 Å². The second kappa shape index (κ2) is 7.84. The molecule has 0 aromatic heterocycles. The largest absolute Gasteiger partial charge is 0.383 e. The average Bonchev–Trinajstić information content (AvgIpc) is 2.66. The number of halogens is 1. The standard InChI is InChI=1S/C19H21FN2O5S/c1-28(25,26)18-12-16(22(23)24)6-7-17(18)21-13-19(8-10-27-11-9-19)14-2-4-15(20)5-3-14/h2-7,12,21H,8-11,13H2,1H3. The van der Waals surface area contributed by atoms with E-state index in [1.165, 1.54) is 24.3 Å². The summed E-state index contributed by atoms with van der Waals surface area (Å²) in [5, 5.41) is 14.2. The molecular formula is C19H21FN2O5S. The Morgan fingerprint density at radius 2 is 1.82 bits per heavy atom. The molecule has 0 unspecified atom stereocenters. The fraction of sp³-hybridized carbons (Fsp3) is 0.368. The van der Waals surface area contributed by atoms with E-state index in [2.05, 4.69) is 5.32 Å². The molecule has 7 nitrogen and oxygen atoms in total. The number of benzene rings is 2. The van der Waals surface area contributed by atoms with Crippen LogP contribution in [-0.2, 0) is 20.0 Å². The van der Waals surface area contributed by atoms with E-state index in [-0.39, 0.29) is 21.8 Å². The number of sulfone groups is 1. The van der Waals surface area contributed by atoms with Crippen LogP contribution in [-0.4, -0.2) is 39.4 Å². The first kappa shape index (κ1) is 20.2. The van der Waals surface area contributed by atoms with Gasteiger partial charge >= 0.3 is 0 Å². The lowest BCUT2D eigenvalue weighted by atomic mass is 9.74. The Kier molecular flexibility index (Phi) is 5.66. The van der Waals surface area contributed by atoms with Gasteiger partial charge in [0.25, 0.3) is 5.69 Å². The van der Waals surface area contributed by atoms with E-state index in [1.54, 1.807) is 12.1 Å². The number of hydrogen-bond acceptors (Lipinski definition) is 6. The molecule has 0 spiro atoms. The lowest BCUT2D eigenvalue weighted by Gasteiger charge is -2.38. The first-order chi connectivity index (χ1) is 13.2. The smallest absolute Gasteiger partial charge is 0.270 e. The maximum Gasteiger partial charge on any atom is 0.270 e. The average molecular weight is 408 g/mol. The number of non-ortho nitro benzene ring substituents is 1. The summed E-state index contributed by atoms with van der Waals surface area (Å²) in [4.78, 5) is 10.3. The number of nitro groups is 1. The highest BCUT2D eigenvalue weighted by molar-refractivity contribution is 7.90. The Labute approximate surface area is 162 Å². The second-order valence-electron chi connectivity index (χ2n) is 6.96. The first-order valence-corrected chi connectivity index (χ1v) is 10.7. The summed E-state index contributed by atoms with van der Waals surface area (Å²) in [5.74, 6) is -0.325. The second-order valence-corrected chi connectivity index (χ2v) is 8.95. The van der Waals surface area contributed by atoms with Crippen molar-refractivity contribution in [2.75, 3.05) is 31.3 Å². The van der Waals surface area contributed by atoms with Crippen LogP contribution >= 0.6 is 0 Å². The van der Waals surface area contributed by atoms with Gasteiger partial charge in [-0.3, -0.25) is 10.1 Å². The predicted molar refractivity (Wildman–Crippen MR) is 103 cm³/mol. The molecule has 1 heterocycles. The van der Waals surface area contributed by atoms with Crippen LogP contribution in [0.1, 0.15) is 18.4 Å². The highest BCUT2D eigenvalue weighted by Crippen LogP contribution is 2.36. The molecule has 28 heavy (non-hydrogen) atoms. The number of rotatable bonds is 6. The summed E-state index contributed by atoms with van der Waals surface area (Å²) >= 11 is 0. The van der Waals surface area contributed by atoms with Crippen LogP contribution in [0.15, 0.2) is 47.4 Å². The third-order valence-electron chi connectivity index (χ3n) is 5.10. The predicted octanol–water partition coefficient (Wildman–Crippen LogP) is 3.30. The zero-order chi connectivity index (χ0) is 20.4. The molecule has 9 heteroatoms. The zero-order valence-corrected chi connectivity index (χ0v) is 16.2. The van der Waals surface area contributed by atoms with E-state index < -0.39 is 14.8 Å². The van der Waals surface area contributed by atoms with Crippen molar-refractivity contribution < 1.29 is 22.5 Å². The van der Waals surface area contributed by atoms with Gasteiger partial charge in [0.1, 0.15) is 5.82 Å². The van der Waals surface area contributed by atoms with Crippen molar-refractivity contribution >= 4 is 21.2 Å². The topological polar surface area (TPSA) is 98.5 Å². The van der Waals surface area contributed by atoms with Crippen LogP contribution < -0.4 is 5.32 Å². The Bertz CT molecular complexity index is 970. The van der Waals surface area contributed by atoms with Crippen LogP contribution in [0.25, 0.3) is 0 Å². The lowest BCUT2D eigenvalue weighted by molar-refractivity contribution is -0.385. The molecule has 1 aliphatic heterocycles. The molecule has 2 aromatic rings. The molecule has 2 aromatic carbocycles. The summed E-state index contributed by atoms with van der Waals surface area (Å²) in [5.41, 5.74) is 0.599. The molecule has 0 aliphatic carbocycles. The minimum absolute atomic E-state index is 0.122. The van der Waals surface area contributed by atoms with Crippen molar-refractivity contribution in [1.29, 1.82) is 0 Å². The quantitative estimate of drug-likeness (QED) is 0.582. The van der Waals surface area contributed by atoms with E-state index in [1.807, 2.05) is 0 Å². The number of anilines is 1. The van der Waals surface area contributed by atoms with E-state index in [9.17, 15) is 22.9 Å². The van der Waals surface area contributed by atoms with Gasteiger partial charge in [-0.15, -0.1) is 0 Å². The van der Waals surface area contributed by atoms with Gasteiger partial charge < -0.3 is 10.1 Å². The summed E-state index contributed by atoms with van der Waals surface area (Å²) in [6.45, 7) is 1.47. The SMILES string of the molecule is CS(=O)(=O)c1cc([N+](=O)[O-])ccc1NCC1(c2ccc(F)cc2)CCOCC1. The van der Waals surface area contributed by atoms with Gasteiger partial charge in [0.2, 0.25) is 0 Å². The van der Waals surface area contributed by atoms with E-state index in [4.69, 9.17) is 4.74 Å². The van der Waals surface area contributed by atoms with Gasteiger partial charge in [-0.25, -0.2) is 12.8 Å². The Hall–Kier alpha value is -2.52. The molecule has 150 valence electrons. The van der Waals surface area contributed by atoms with E-state index in [0.717, 1.165) is 17.9 Å². The molecule has 0 radical (unpaired) electrons. The van der Waals surface area contributed by atoms with Crippen molar-refractivity contribution in [2.45, 2.75) is 23.2 Å². The van der Waals surface area contributed by atoms with Crippen LogP contribution in [0.3, 0.4) is 0 Å². The summed E-state index contributed by atoms with van der Waals surface area (Å²) in [6, 6.07) is 10.0. The molecule has 1 fully saturated rings. The molecule has 1 N–H and O–H groups in total. The Morgan fingerprint density at radius 3 is 2.39 bits per heavy atom. The third-order valence-corrected chi connectivity index (χ3v) is 6.24. The molecular weight excluding hydrogens is 387 g/mol. The molecule has 1 saturated heterocycles. The third kappa shape index (κ3) is 4.31. The minimum Gasteiger partial charge on any atom is -0.383 e. The molecule has 0 atom stereocenters. The molecule has 0 bridgehead atoms.